The third-order valence-electron chi connectivity index (χ3n) is 3.20. The molecule has 0 fully saturated rings. The molecule has 17 heavy (non-hydrogen) atoms. The molecule has 0 unspecified atom stereocenters. The second-order valence-corrected chi connectivity index (χ2v) is 4.24. The van der Waals surface area contributed by atoms with Crippen LogP contribution in [0.5, 0.6) is 17.2 Å². The van der Waals surface area contributed by atoms with E-state index in [1.807, 2.05) is 24.5 Å². The number of aryl methyl sites for hydroxylation is 1. The monoisotopic (exact) mass is 229 g/mol. The van der Waals surface area contributed by atoms with Crippen LogP contribution in [0.1, 0.15) is 17.5 Å². The third-order valence-corrected chi connectivity index (χ3v) is 3.20. The minimum atomic E-state index is 0.812. The van der Waals surface area contributed by atoms with Gasteiger partial charge in [-0.1, -0.05) is 6.07 Å². The van der Waals surface area contributed by atoms with Gasteiger partial charge in [-0.3, -0.25) is 0 Å². The quantitative estimate of drug-likeness (QED) is 0.876. The van der Waals surface area contributed by atoms with Gasteiger partial charge in [0.15, 0.2) is 11.5 Å². The molecule has 0 atom stereocenters. The normalized spacial score (nSPS) is 13.5. The Hall–Kier alpha value is -1.90. The van der Waals surface area contributed by atoms with Gasteiger partial charge in [-0.05, 0) is 37.0 Å². The van der Waals surface area contributed by atoms with Gasteiger partial charge in [-0.15, -0.1) is 0 Å². The summed E-state index contributed by atoms with van der Waals surface area (Å²) < 4.78 is 11.3. The van der Waals surface area contributed by atoms with Crippen molar-refractivity contribution < 1.29 is 9.47 Å². The standard InChI is InChI=1S/C14H15NO2/c1-16-13-6-5-10-3-2-4-12(10)14(13)17-11-7-8-15-9-11/h5-9,15H,2-4H2,1H3. The maximum absolute atomic E-state index is 5.93. The van der Waals surface area contributed by atoms with Crippen molar-refractivity contribution in [1.29, 1.82) is 0 Å². The summed E-state index contributed by atoms with van der Waals surface area (Å²) in [7, 11) is 1.68. The molecule has 2 aromatic rings. The van der Waals surface area contributed by atoms with Gasteiger partial charge in [0.05, 0.1) is 7.11 Å². The van der Waals surface area contributed by atoms with E-state index in [9.17, 15) is 0 Å². The number of ether oxygens (including phenoxy) is 2. The van der Waals surface area contributed by atoms with E-state index >= 15 is 0 Å². The number of nitrogens with one attached hydrogen (secondary N) is 1. The van der Waals surface area contributed by atoms with Crippen LogP contribution in [0.25, 0.3) is 0 Å². The zero-order valence-electron chi connectivity index (χ0n) is 9.82. The van der Waals surface area contributed by atoms with E-state index in [0.717, 1.165) is 30.1 Å². The van der Waals surface area contributed by atoms with E-state index in [1.54, 1.807) is 7.11 Å². The summed E-state index contributed by atoms with van der Waals surface area (Å²) in [6.07, 6.45) is 7.11. The molecule has 0 radical (unpaired) electrons. The predicted octanol–water partition coefficient (Wildman–Crippen LogP) is 3.30. The SMILES string of the molecule is COc1ccc2c(c1Oc1cc[nH]c1)CCC2. The molecule has 3 rings (SSSR count). The molecule has 0 amide bonds. The van der Waals surface area contributed by atoms with Crippen LogP contribution in [0.3, 0.4) is 0 Å². The molecule has 3 heteroatoms. The summed E-state index contributed by atoms with van der Waals surface area (Å²) >= 11 is 0. The van der Waals surface area contributed by atoms with E-state index in [2.05, 4.69) is 11.1 Å². The first kappa shape index (κ1) is 10.3. The lowest BCUT2D eigenvalue weighted by molar-refractivity contribution is 0.377. The molecule has 1 aliphatic rings. The Morgan fingerprint density at radius 2 is 2.12 bits per heavy atom. The van der Waals surface area contributed by atoms with Gasteiger partial charge in [0.1, 0.15) is 5.75 Å². The van der Waals surface area contributed by atoms with Crippen molar-refractivity contribution in [3.8, 4) is 17.2 Å². The maximum Gasteiger partial charge on any atom is 0.172 e. The Balaban J connectivity index is 2.04. The molecule has 88 valence electrons. The predicted molar refractivity (Wildman–Crippen MR) is 65.9 cm³/mol. The van der Waals surface area contributed by atoms with Gasteiger partial charge >= 0.3 is 0 Å². The zero-order chi connectivity index (χ0) is 11.7. The third kappa shape index (κ3) is 1.78. The lowest BCUT2D eigenvalue weighted by Crippen LogP contribution is -1.95. The lowest BCUT2D eigenvalue weighted by atomic mass is 10.1. The highest BCUT2D eigenvalue weighted by Gasteiger charge is 2.20. The van der Waals surface area contributed by atoms with Crippen LogP contribution in [0.4, 0.5) is 0 Å². The van der Waals surface area contributed by atoms with E-state index in [-0.39, 0.29) is 0 Å². The first-order valence-electron chi connectivity index (χ1n) is 5.88. The summed E-state index contributed by atoms with van der Waals surface area (Å²) in [6, 6.07) is 6.05. The number of aromatic amines is 1. The second-order valence-electron chi connectivity index (χ2n) is 4.24. The van der Waals surface area contributed by atoms with Crippen molar-refractivity contribution in [3.63, 3.8) is 0 Å². The number of methoxy groups -OCH3 is 1. The Bertz CT molecular complexity index is 517. The molecule has 3 nitrogen and oxygen atoms in total. The number of H-pyrrole nitrogens is 1. The molecule has 1 aromatic carbocycles. The Labute approximate surface area is 100 Å². The number of hydrogen-bond acceptors (Lipinski definition) is 2. The van der Waals surface area contributed by atoms with Crippen LogP contribution in [0, 0.1) is 0 Å². The fourth-order valence-corrected chi connectivity index (χ4v) is 2.37. The summed E-state index contributed by atoms with van der Waals surface area (Å²) in [5, 5.41) is 0. The number of benzene rings is 1. The summed E-state index contributed by atoms with van der Waals surface area (Å²) in [6.45, 7) is 0. The average Bonchev–Trinajstić information content (AvgIpc) is 2.99. The van der Waals surface area contributed by atoms with Crippen LogP contribution in [0.15, 0.2) is 30.6 Å². The van der Waals surface area contributed by atoms with Crippen molar-refractivity contribution in [2.45, 2.75) is 19.3 Å². The summed E-state index contributed by atoms with van der Waals surface area (Å²) in [5.74, 6) is 2.51. The van der Waals surface area contributed by atoms with Gasteiger partial charge < -0.3 is 14.5 Å². The van der Waals surface area contributed by atoms with Crippen LogP contribution < -0.4 is 9.47 Å². The Kier molecular flexibility index (Phi) is 2.52. The van der Waals surface area contributed by atoms with Crippen LogP contribution >= 0.6 is 0 Å². The number of hydrogen-bond donors (Lipinski definition) is 1. The highest BCUT2D eigenvalue weighted by atomic mass is 16.5. The molecule has 0 aliphatic heterocycles. The fourth-order valence-electron chi connectivity index (χ4n) is 2.37. The van der Waals surface area contributed by atoms with E-state index in [1.165, 1.54) is 17.5 Å². The molecule has 0 spiro atoms. The smallest absolute Gasteiger partial charge is 0.172 e. The summed E-state index contributed by atoms with van der Waals surface area (Å²) in [5.41, 5.74) is 2.68. The lowest BCUT2D eigenvalue weighted by Gasteiger charge is -2.13. The van der Waals surface area contributed by atoms with Crippen LogP contribution in [-0.2, 0) is 12.8 Å². The minimum absolute atomic E-state index is 0.812. The van der Waals surface area contributed by atoms with E-state index in [4.69, 9.17) is 9.47 Å². The van der Waals surface area contributed by atoms with Gasteiger partial charge in [0, 0.05) is 18.0 Å². The molecule has 1 N–H and O–H groups in total. The second kappa shape index (κ2) is 4.17. The highest BCUT2D eigenvalue weighted by Crippen LogP contribution is 2.40. The number of fused-ring (bicyclic) bond motifs is 1. The minimum Gasteiger partial charge on any atom is -0.493 e. The van der Waals surface area contributed by atoms with Crippen LogP contribution in [0.2, 0.25) is 0 Å². The number of rotatable bonds is 3. The van der Waals surface area contributed by atoms with Gasteiger partial charge in [-0.2, -0.15) is 0 Å². The van der Waals surface area contributed by atoms with Crippen molar-refractivity contribution in [2.75, 3.05) is 7.11 Å². The van der Waals surface area contributed by atoms with Gasteiger partial charge in [0.25, 0.3) is 0 Å². The summed E-state index contributed by atoms with van der Waals surface area (Å²) in [4.78, 5) is 2.99. The molecule has 0 saturated heterocycles. The molecule has 1 aromatic heterocycles. The van der Waals surface area contributed by atoms with Gasteiger partial charge in [-0.25, -0.2) is 0 Å². The Morgan fingerprint density at radius 1 is 1.18 bits per heavy atom. The van der Waals surface area contributed by atoms with Crippen molar-refractivity contribution >= 4 is 0 Å². The highest BCUT2D eigenvalue weighted by molar-refractivity contribution is 5.54. The van der Waals surface area contributed by atoms with Crippen molar-refractivity contribution in [3.05, 3.63) is 41.7 Å². The fraction of sp³-hybridized carbons (Fsp3) is 0.286. The molecule has 1 heterocycles. The zero-order valence-corrected chi connectivity index (χ0v) is 9.82. The average molecular weight is 229 g/mol. The maximum atomic E-state index is 5.93. The Morgan fingerprint density at radius 3 is 2.88 bits per heavy atom. The van der Waals surface area contributed by atoms with Gasteiger partial charge in [0.2, 0.25) is 0 Å². The van der Waals surface area contributed by atoms with Crippen LogP contribution in [-0.4, -0.2) is 12.1 Å². The first-order chi connectivity index (χ1) is 8.38. The molecular weight excluding hydrogens is 214 g/mol. The topological polar surface area (TPSA) is 34.2 Å². The molecule has 0 saturated carbocycles. The van der Waals surface area contributed by atoms with Crippen molar-refractivity contribution in [1.82, 2.24) is 4.98 Å². The largest absolute Gasteiger partial charge is 0.493 e. The molecule has 0 bridgehead atoms. The molecular formula is C14H15NO2. The molecule has 1 aliphatic carbocycles. The van der Waals surface area contributed by atoms with Crippen molar-refractivity contribution in [2.24, 2.45) is 0 Å². The van der Waals surface area contributed by atoms with E-state index in [0.29, 0.717) is 0 Å². The van der Waals surface area contributed by atoms with E-state index < -0.39 is 0 Å². The first-order valence-corrected chi connectivity index (χ1v) is 5.88. The number of aromatic nitrogens is 1.